The van der Waals surface area contributed by atoms with E-state index < -0.39 is 0 Å². The highest BCUT2D eigenvalue weighted by molar-refractivity contribution is 7.09. The topological polar surface area (TPSA) is 50.7 Å². The van der Waals surface area contributed by atoms with E-state index in [2.05, 4.69) is 26.3 Å². The lowest BCUT2D eigenvalue weighted by molar-refractivity contribution is 0.694. The molecule has 0 radical (unpaired) electrons. The molecule has 0 unspecified atom stereocenters. The molecule has 0 atom stereocenters. The normalized spacial score (nSPS) is 15.8. The summed E-state index contributed by atoms with van der Waals surface area (Å²) in [5.74, 6) is 1.39. The number of hydrogen-bond donors (Lipinski definition) is 1. The van der Waals surface area contributed by atoms with Crippen molar-refractivity contribution in [3.63, 3.8) is 0 Å². The van der Waals surface area contributed by atoms with E-state index in [0.29, 0.717) is 5.92 Å². The highest BCUT2D eigenvalue weighted by Gasteiger charge is 2.18. The van der Waals surface area contributed by atoms with Gasteiger partial charge in [0.2, 0.25) is 5.95 Å². The van der Waals surface area contributed by atoms with Gasteiger partial charge >= 0.3 is 0 Å². The molecule has 0 aliphatic heterocycles. The number of nitrogens with one attached hydrogen (secondary N) is 1. The Labute approximate surface area is 117 Å². The Kier molecular flexibility index (Phi) is 4.03. The number of hydrogen-bond acceptors (Lipinski definition) is 5. The van der Waals surface area contributed by atoms with Gasteiger partial charge in [0.25, 0.3) is 0 Å². The molecule has 1 aliphatic carbocycles. The lowest BCUT2D eigenvalue weighted by Gasteiger charge is -2.10. The molecule has 1 saturated carbocycles. The van der Waals surface area contributed by atoms with Gasteiger partial charge < -0.3 is 5.32 Å². The Hall–Kier alpha value is -1.49. The number of aromatic nitrogens is 3. The van der Waals surface area contributed by atoms with E-state index >= 15 is 0 Å². The van der Waals surface area contributed by atoms with Gasteiger partial charge in [-0.25, -0.2) is 15.0 Å². The summed E-state index contributed by atoms with van der Waals surface area (Å²) in [5.41, 5.74) is 1.20. The molecule has 0 spiro atoms. The molecule has 1 fully saturated rings. The average Bonchev–Trinajstić information content (AvgIpc) is 3.12. The SMILES string of the molecule is c1cc(C2CCCC2)nc(NCCc2nccs2)n1. The van der Waals surface area contributed by atoms with E-state index in [9.17, 15) is 0 Å². The van der Waals surface area contributed by atoms with Crippen LogP contribution in [0.15, 0.2) is 23.8 Å². The molecule has 2 aromatic rings. The predicted molar refractivity (Wildman–Crippen MR) is 77.5 cm³/mol. The second-order valence-electron chi connectivity index (χ2n) is 4.89. The summed E-state index contributed by atoms with van der Waals surface area (Å²) in [7, 11) is 0. The molecule has 0 aromatic carbocycles. The smallest absolute Gasteiger partial charge is 0.222 e. The van der Waals surface area contributed by atoms with Crippen molar-refractivity contribution >= 4 is 17.3 Å². The van der Waals surface area contributed by atoms with Crippen LogP contribution in [0.25, 0.3) is 0 Å². The predicted octanol–water partition coefficient (Wildman–Crippen LogP) is 3.25. The highest BCUT2D eigenvalue weighted by Crippen LogP contribution is 2.32. The third kappa shape index (κ3) is 3.29. The Morgan fingerprint density at radius 2 is 2.11 bits per heavy atom. The van der Waals surface area contributed by atoms with Crippen molar-refractivity contribution in [2.45, 2.75) is 38.0 Å². The van der Waals surface area contributed by atoms with Gasteiger partial charge in [0, 0.05) is 42.4 Å². The van der Waals surface area contributed by atoms with Gasteiger partial charge in [-0.1, -0.05) is 12.8 Å². The Bertz CT molecular complexity index is 506. The van der Waals surface area contributed by atoms with Gasteiger partial charge in [0.15, 0.2) is 0 Å². The maximum absolute atomic E-state index is 4.63. The van der Waals surface area contributed by atoms with Crippen molar-refractivity contribution in [3.8, 4) is 0 Å². The van der Waals surface area contributed by atoms with Crippen LogP contribution >= 0.6 is 11.3 Å². The van der Waals surface area contributed by atoms with Crippen LogP contribution in [0.4, 0.5) is 5.95 Å². The maximum atomic E-state index is 4.63. The molecule has 2 aromatic heterocycles. The summed E-state index contributed by atoms with van der Waals surface area (Å²) >= 11 is 1.69. The van der Waals surface area contributed by atoms with Gasteiger partial charge in [0.05, 0.1) is 5.01 Å². The minimum atomic E-state index is 0.641. The molecule has 1 N–H and O–H groups in total. The third-order valence-electron chi connectivity index (χ3n) is 3.56. The molecular formula is C14H18N4S. The molecule has 2 heterocycles. The summed E-state index contributed by atoms with van der Waals surface area (Å²) in [4.78, 5) is 13.2. The van der Waals surface area contributed by atoms with Gasteiger partial charge in [-0.05, 0) is 18.9 Å². The summed E-state index contributed by atoms with van der Waals surface area (Å²) < 4.78 is 0. The molecule has 100 valence electrons. The van der Waals surface area contributed by atoms with Crippen LogP contribution in [-0.2, 0) is 6.42 Å². The first-order chi connectivity index (χ1) is 9.42. The van der Waals surface area contributed by atoms with Crippen LogP contribution in [0.1, 0.15) is 42.3 Å². The van der Waals surface area contributed by atoms with Gasteiger partial charge in [-0.3, -0.25) is 0 Å². The van der Waals surface area contributed by atoms with Crippen LogP contribution in [-0.4, -0.2) is 21.5 Å². The zero-order chi connectivity index (χ0) is 12.9. The van der Waals surface area contributed by atoms with Crippen molar-refractivity contribution in [2.75, 3.05) is 11.9 Å². The minimum absolute atomic E-state index is 0.641. The molecule has 4 nitrogen and oxygen atoms in total. The molecule has 0 amide bonds. The van der Waals surface area contributed by atoms with Crippen molar-refractivity contribution < 1.29 is 0 Å². The molecule has 0 saturated heterocycles. The molecule has 3 rings (SSSR count). The van der Waals surface area contributed by atoms with Crippen molar-refractivity contribution in [3.05, 3.63) is 34.5 Å². The van der Waals surface area contributed by atoms with Gasteiger partial charge in [-0.15, -0.1) is 11.3 Å². The standard InChI is InChI=1S/C14H18N4S/c1-2-4-11(3-1)12-5-7-16-14(18-12)17-8-6-13-15-9-10-19-13/h5,7,9-11H,1-4,6,8H2,(H,16,17,18). The first-order valence-electron chi connectivity index (χ1n) is 6.87. The van der Waals surface area contributed by atoms with E-state index in [4.69, 9.17) is 0 Å². The van der Waals surface area contributed by atoms with E-state index in [-0.39, 0.29) is 0 Å². The van der Waals surface area contributed by atoms with Crippen LogP contribution in [0.3, 0.4) is 0 Å². The maximum Gasteiger partial charge on any atom is 0.222 e. The number of nitrogens with zero attached hydrogens (tertiary/aromatic N) is 3. The summed E-state index contributed by atoms with van der Waals surface area (Å²) in [6.07, 6.45) is 9.85. The van der Waals surface area contributed by atoms with Crippen LogP contribution in [0, 0.1) is 0 Å². The zero-order valence-electron chi connectivity index (χ0n) is 10.9. The zero-order valence-corrected chi connectivity index (χ0v) is 11.7. The fourth-order valence-electron chi connectivity index (χ4n) is 2.56. The summed E-state index contributed by atoms with van der Waals surface area (Å²) in [6, 6.07) is 2.06. The molecule has 0 bridgehead atoms. The van der Waals surface area contributed by atoms with Crippen LogP contribution < -0.4 is 5.32 Å². The number of anilines is 1. The lowest BCUT2D eigenvalue weighted by atomic mass is 10.0. The fraction of sp³-hybridized carbons (Fsp3) is 0.500. The molecule has 5 heteroatoms. The molecule has 19 heavy (non-hydrogen) atoms. The first kappa shape index (κ1) is 12.5. The Balaban J connectivity index is 1.56. The number of rotatable bonds is 5. The second kappa shape index (κ2) is 6.10. The van der Waals surface area contributed by atoms with Gasteiger partial charge in [0.1, 0.15) is 0 Å². The minimum Gasteiger partial charge on any atom is -0.354 e. The van der Waals surface area contributed by atoms with E-state index in [1.807, 2.05) is 17.8 Å². The van der Waals surface area contributed by atoms with Crippen LogP contribution in [0.2, 0.25) is 0 Å². The fourth-order valence-corrected chi connectivity index (χ4v) is 3.18. The van der Waals surface area contributed by atoms with E-state index in [0.717, 1.165) is 23.9 Å². The van der Waals surface area contributed by atoms with E-state index in [1.54, 1.807) is 11.3 Å². The average molecular weight is 274 g/mol. The Morgan fingerprint density at radius 1 is 1.21 bits per heavy atom. The summed E-state index contributed by atoms with van der Waals surface area (Å²) in [5, 5.41) is 6.45. The molecule has 1 aliphatic rings. The van der Waals surface area contributed by atoms with E-state index in [1.165, 1.54) is 31.4 Å². The van der Waals surface area contributed by atoms with Crippen molar-refractivity contribution in [2.24, 2.45) is 0 Å². The van der Waals surface area contributed by atoms with Gasteiger partial charge in [-0.2, -0.15) is 0 Å². The summed E-state index contributed by atoms with van der Waals surface area (Å²) in [6.45, 7) is 0.835. The molecular weight excluding hydrogens is 256 g/mol. The van der Waals surface area contributed by atoms with Crippen molar-refractivity contribution in [1.82, 2.24) is 15.0 Å². The largest absolute Gasteiger partial charge is 0.354 e. The quantitative estimate of drug-likeness (QED) is 0.909. The second-order valence-corrected chi connectivity index (χ2v) is 5.87. The van der Waals surface area contributed by atoms with Crippen molar-refractivity contribution in [1.29, 1.82) is 0 Å². The monoisotopic (exact) mass is 274 g/mol. The number of thiazole rings is 1. The first-order valence-corrected chi connectivity index (χ1v) is 7.75. The van der Waals surface area contributed by atoms with Crippen LogP contribution in [0.5, 0.6) is 0 Å². The lowest BCUT2D eigenvalue weighted by Crippen LogP contribution is -2.09. The third-order valence-corrected chi connectivity index (χ3v) is 4.40. The Morgan fingerprint density at radius 3 is 2.89 bits per heavy atom. The highest BCUT2D eigenvalue weighted by atomic mass is 32.1.